The Morgan fingerprint density at radius 1 is 1.05 bits per heavy atom. The summed E-state index contributed by atoms with van der Waals surface area (Å²) in [4.78, 5) is 31.5. The summed E-state index contributed by atoms with van der Waals surface area (Å²) in [6.07, 6.45) is 1.35. The number of hydrogen-bond acceptors (Lipinski definition) is 8. The molecule has 10 heteroatoms. The minimum absolute atomic E-state index is 0.0906. The number of carbonyl (C=O) groups is 1. The van der Waals surface area contributed by atoms with Gasteiger partial charge in [0.2, 0.25) is 5.91 Å². The van der Waals surface area contributed by atoms with Crippen molar-refractivity contribution in [3.8, 4) is 0 Å². The molecule has 4 atom stereocenters. The van der Waals surface area contributed by atoms with Crippen LogP contribution in [-0.4, -0.2) is 84.3 Å². The van der Waals surface area contributed by atoms with Crippen LogP contribution in [0, 0.1) is 10.1 Å². The van der Waals surface area contributed by atoms with Gasteiger partial charge in [-0.2, -0.15) is 0 Å². The van der Waals surface area contributed by atoms with Gasteiger partial charge in [0, 0.05) is 37.8 Å². The van der Waals surface area contributed by atoms with Crippen molar-refractivity contribution in [1.29, 1.82) is 0 Å². The van der Waals surface area contributed by atoms with Crippen molar-refractivity contribution in [2.45, 2.75) is 63.1 Å². The Morgan fingerprint density at radius 2 is 1.68 bits per heavy atom. The lowest BCUT2D eigenvalue weighted by atomic mass is 10.0. The number of aliphatic hydroxyl groups excluding tert-OH is 1. The number of hydrogen-bond donors (Lipinski definition) is 1. The van der Waals surface area contributed by atoms with E-state index in [0.29, 0.717) is 12.5 Å². The normalized spacial score (nSPS) is 25.2. The van der Waals surface area contributed by atoms with Gasteiger partial charge in [0.05, 0.1) is 13.2 Å². The maximum atomic E-state index is 12.5. The summed E-state index contributed by atoms with van der Waals surface area (Å²) in [5.41, 5.74) is 2.44. The highest BCUT2D eigenvalue weighted by Crippen LogP contribution is 2.28. The first-order chi connectivity index (χ1) is 18.5. The Balaban J connectivity index is 0.000000216. The standard InChI is InChI=1S/C22H28N2O.C6H9NO6/c1-2-22(25)24(20-11-7-4-8-12-20)21-14-17-23(18-15-21)16-13-19-9-5-3-6-10-19;8-3-1-11-6-4(13-7(9)10)2-12-5(3)6/h3-12,21H,2,13-18H2,1H3;3-6,8H,1-2H2/t;3-,4+,5+,6+/m.0/s1. The molecule has 0 bridgehead atoms. The Hall–Kier alpha value is -3.05. The van der Waals surface area contributed by atoms with Crippen LogP contribution in [0.4, 0.5) is 5.69 Å². The van der Waals surface area contributed by atoms with Crippen LogP contribution in [0.25, 0.3) is 0 Å². The third kappa shape index (κ3) is 7.28. The lowest BCUT2D eigenvalue weighted by Crippen LogP contribution is -2.47. The first-order valence-corrected chi connectivity index (χ1v) is 13.3. The molecule has 10 nitrogen and oxygen atoms in total. The Morgan fingerprint density at radius 3 is 2.32 bits per heavy atom. The smallest absolute Gasteiger partial charge is 0.294 e. The summed E-state index contributed by atoms with van der Waals surface area (Å²) >= 11 is 0. The molecule has 0 radical (unpaired) electrons. The zero-order chi connectivity index (χ0) is 26.9. The highest BCUT2D eigenvalue weighted by atomic mass is 17.0. The minimum Gasteiger partial charge on any atom is -0.388 e. The summed E-state index contributed by atoms with van der Waals surface area (Å²) in [6.45, 7) is 5.42. The zero-order valence-corrected chi connectivity index (χ0v) is 21.8. The molecule has 5 rings (SSSR count). The predicted molar refractivity (Wildman–Crippen MR) is 141 cm³/mol. The third-order valence-corrected chi connectivity index (χ3v) is 7.29. The molecular formula is C28H37N3O7. The summed E-state index contributed by atoms with van der Waals surface area (Å²) in [5.74, 6) is 0.230. The molecule has 1 amide bonds. The molecule has 0 saturated carbocycles. The van der Waals surface area contributed by atoms with Gasteiger partial charge in [-0.1, -0.05) is 55.5 Å². The maximum Gasteiger partial charge on any atom is 0.294 e. The van der Waals surface area contributed by atoms with Crippen molar-refractivity contribution >= 4 is 11.6 Å². The van der Waals surface area contributed by atoms with Crippen LogP contribution in [0.3, 0.4) is 0 Å². The molecule has 0 unspecified atom stereocenters. The molecule has 3 heterocycles. The van der Waals surface area contributed by atoms with Gasteiger partial charge in [-0.25, -0.2) is 0 Å². The highest BCUT2D eigenvalue weighted by molar-refractivity contribution is 5.93. The van der Waals surface area contributed by atoms with Gasteiger partial charge in [-0.3, -0.25) is 4.79 Å². The molecule has 38 heavy (non-hydrogen) atoms. The van der Waals surface area contributed by atoms with E-state index in [9.17, 15) is 20.0 Å². The van der Waals surface area contributed by atoms with Gasteiger partial charge in [0.15, 0.2) is 6.10 Å². The topological polar surface area (TPSA) is 115 Å². The van der Waals surface area contributed by atoms with Crippen LogP contribution in [0.2, 0.25) is 0 Å². The average molecular weight is 528 g/mol. The number of nitrogens with zero attached hydrogens (tertiary/aromatic N) is 3. The first-order valence-electron chi connectivity index (χ1n) is 13.3. The number of benzene rings is 2. The van der Waals surface area contributed by atoms with Crippen molar-refractivity contribution in [3.05, 3.63) is 76.3 Å². The molecule has 0 spiro atoms. The van der Waals surface area contributed by atoms with Crippen molar-refractivity contribution < 1.29 is 29.3 Å². The van der Waals surface area contributed by atoms with E-state index in [2.05, 4.69) is 52.2 Å². The summed E-state index contributed by atoms with van der Waals surface area (Å²) in [6, 6.07) is 21.1. The van der Waals surface area contributed by atoms with E-state index in [0.717, 1.165) is 44.6 Å². The number of fused-ring (bicyclic) bond motifs is 1. The molecule has 0 aliphatic carbocycles. The number of aliphatic hydroxyl groups is 1. The van der Waals surface area contributed by atoms with E-state index in [-0.39, 0.29) is 19.1 Å². The van der Waals surface area contributed by atoms with Gasteiger partial charge in [0.1, 0.15) is 18.3 Å². The minimum atomic E-state index is -0.871. The number of anilines is 1. The van der Waals surface area contributed by atoms with Gasteiger partial charge in [0.25, 0.3) is 5.09 Å². The van der Waals surface area contributed by atoms with Gasteiger partial charge in [-0.05, 0) is 37.0 Å². The van der Waals surface area contributed by atoms with E-state index in [1.165, 1.54) is 5.56 Å². The molecular weight excluding hydrogens is 490 g/mol. The molecule has 206 valence electrons. The number of amides is 1. The second-order valence-corrected chi connectivity index (χ2v) is 9.79. The van der Waals surface area contributed by atoms with E-state index in [1.54, 1.807) is 0 Å². The third-order valence-electron chi connectivity index (χ3n) is 7.29. The van der Waals surface area contributed by atoms with E-state index in [1.807, 2.05) is 30.0 Å². The van der Waals surface area contributed by atoms with Crippen LogP contribution in [0.1, 0.15) is 31.7 Å². The quantitative estimate of drug-likeness (QED) is 0.412. The van der Waals surface area contributed by atoms with E-state index >= 15 is 0 Å². The van der Waals surface area contributed by atoms with Crippen molar-refractivity contribution in [1.82, 2.24) is 4.90 Å². The van der Waals surface area contributed by atoms with Crippen molar-refractivity contribution in [2.24, 2.45) is 0 Å². The SMILES string of the molecule is CCC(=O)N(c1ccccc1)C1CCN(CCc2ccccc2)CC1.O=[N+]([O-])O[C@@H]1CO[C@H]2[C@@H]1OC[C@@H]2O. The second kappa shape index (κ2) is 13.7. The first kappa shape index (κ1) is 28.0. The fourth-order valence-electron chi connectivity index (χ4n) is 5.30. The summed E-state index contributed by atoms with van der Waals surface area (Å²) < 4.78 is 10.2. The van der Waals surface area contributed by atoms with Crippen LogP contribution in [-0.2, 0) is 25.5 Å². The molecule has 3 saturated heterocycles. The van der Waals surface area contributed by atoms with Gasteiger partial charge >= 0.3 is 0 Å². The lowest BCUT2D eigenvalue weighted by molar-refractivity contribution is -0.769. The Bertz CT molecular complexity index is 1020. The van der Waals surface area contributed by atoms with E-state index in [4.69, 9.17) is 9.47 Å². The van der Waals surface area contributed by atoms with Gasteiger partial charge in [-0.15, -0.1) is 10.1 Å². The number of likely N-dealkylation sites (tertiary alicyclic amines) is 1. The van der Waals surface area contributed by atoms with Gasteiger partial charge < -0.3 is 29.2 Å². The summed E-state index contributed by atoms with van der Waals surface area (Å²) in [5, 5.41) is 18.4. The summed E-state index contributed by atoms with van der Waals surface area (Å²) in [7, 11) is 0. The predicted octanol–water partition coefficient (Wildman–Crippen LogP) is 2.86. The molecule has 2 aromatic rings. The number of piperidine rings is 1. The number of rotatable bonds is 8. The second-order valence-electron chi connectivity index (χ2n) is 9.79. The van der Waals surface area contributed by atoms with Crippen LogP contribution in [0.15, 0.2) is 60.7 Å². The lowest BCUT2D eigenvalue weighted by Gasteiger charge is -2.38. The number of para-hydroxylation sites is 1. The number of ether oxygens (including phenoxy) is 2. The van der Waals surface area contributed by atoms with Crippen molar-refractivity contribution in [3.63, 3.8) is 0 Å². The Labute approximate surface area is 223 Å². The molecule has 3 aliphatic heterocycles. The monoisotopic (exact) mass is 527 g/mol. The highest BCUT2D eigenvalue weighted by Gasteiger charge is 2.48. The molecule has 1 N–H and O–H groups in total. The average Bonchev–Trinajstić information content (AvgIpc) is 3.52. The number of carbonyl (C=O) groups excluding carboxylic acids is 1. The Kier molecular flexibility index (Phi) is 10.1. The fourth-order valence-corrected chi connectivity index (χ4v) is 5.30. The molecule has 3 fully saturated rings. The molecule has 0 aromatic heterocycles. The van der Waals surface area contributed by atoms with Crippen LogP contribution in [0.5, 0.6) is 0 Å². The molecule has 3 aliphatic rings. The maximum absolute atomic E-state index is 12.5. The molecule has 2 aromatic carbocycles. The zero-order valence-electron chi connectivity index (χ0n) is 21.8. The van der Waals surface area contributed by atoms with E-state index < -0.39 is 29.5 Å². The fraction of sp³-hybridized carbons (Fsp3) is 0.536. The largest absolute Gasteiger partial charge is 0.388 e. The van der Waals surface area contributed by atoms with Crippen molar-refractivity contribution in [2.75, 3.05) is 37.7 Å². The van der Waals surface area contributed by atoms with Crippen LogP contribution >= 0.6 is 0 Å². The van der Waals surface area contributed by atoms with Crippen LogP contribution < -0.4 is 4.90 Å².